The lowest BCUT2D eigenvalue weighted by Gasteiger charge is -2.34. The minimum Gasteiger partial charge on any atom is -0.394 e. The first-order valence-corrected chi connectivity index (χ1v) is 12.1. The number of amides is 1. The van der Waals surface area contributed by atoms with Gasteiger partial charge >= 0.3 is 6.97 Å². The molecule has 4 rings (SSSR count). The second-order valence-electron chi connectivity index (χ2n) is 9.72. The number of rotatable bonds is 7. The van der Waals surface area contributed by atoms with Crippen LogP contribution < -0.4 is 0 Å². The molecule has 3 aliphatic heterocycles. The Morgan fingerprint density at radius 3 is 2.53 bits per heavy atom. The van der Waals surface area contributed by atoms with Crippen molar-refractivity contribution in [3.63, 3.8) is 0 Å². The molecule has 0 saturated carbocycles. The van der Waals surface area contributed by atoms with Crippen molar-refractivity contribution in [1.82, 2.24) is 14.3 Å². The molecular weight excluding hydrogens is 437 g/mol. The number of ketones is 1. The Morgan fingerprint density at radius 2 is 1.85 bits per heavy atom. The minimum atomic E-state index is -4.00. The van der Waals surface area contributed by atoms with Crippen molar-refractivity contribution < 1.29 is 22.7 Å². The minimum absolute atomic E-state index is 0.00516. The van der Waals surface area contributed by atoms with Crippen LogP contribution in [0.5, 0.6) is 0 Å². The van der Waals surface area contributed by atoms with Crippen LogP contribution in [0.15, 0.2) is 36.1 Å². The van der Waals surface area contributed by atoms with E-state index in [0.29, 0.717) is 42.4 Å². The van der Waals surface area contributed by atoms with Crippen molar-refractivity contribution in [2.45, 2.75) is 40.5 Å². The lowest BCUT2D eigenvalue weighted by molar-refractivity contribution is -0.362. The van der Waals surface area contributed by atoms with E-state index in [0.717, 1.165) is 27.6 Å². The van der Waals surface area contributed by atoms with Crippen LogP contribution in [0.2, 0.25) is 0 Å². The van der Waals surface area contributed by atoms with Gasteiger partial charge in [-0.05, 0) is 37.2 Å². The van der Waals surface area contributed by atoms with Gasteiger partial charge in [0, 0.05) is 75.4 Å². The van der Waals surface area contributed by atoms with E-state index >= 15 is 8.63 Å². The first-order chi connectivity index (χ1) is 16.1. The molecule has 9 heteroatoms. The molecule has 0 spiro atoms. The molecule has 182 valence electrons. The SMILES string of the molecule is Cc1cc(C)n2c1C=C1C=CC(CCC(=O)N3CCN(C/C=C/C(=O)C(C)C)CC3)=[N+]1[B-]2(F)F. The van der Waals surface area contributed by atoms with E-state index in [2.05, 4.69) is 4.90 Å². The predicted molar refractivity (Wildman–Crippen MR) is 131 cm³/mol. The highest BCUT2D eigenvalue weighted by Gasteiger charge is 2.52. The van der Waals surface area contributed by atoms with Gasteiger partial charge in [-0.2, -0.15) is 0 Å². The highest BCUT2D eigenvalue weighted by atomic mass is 19.2. The molecular formula is C25H33BF2N4O2. The van der Waals surface area contributed by atoms with Gasteiger partial charge in [-0.1, -0.05) is 19.9 Å². The molecule has 0 N–H and O–H groups in total. The summed E-state index contributed by atoms with van der Waals surface area (Å²) in [5.41, 5.74) is 2.90. The van der Waals surface area contributed by atoms with Crippen LogP contribution in [0, 0.1) is 19.8 Å². The molecule has 0 bridgehead atoms. The number of halogens is 2. The third-order valence-electron chi connectivity index (χ3n) is 6.94. The van der Waals surface area contributed by atoms with Gasteiger partial charge in [0.25, 0.3) is 0 Å². The number of fused-ring (bicyclic) bond motifs is 2. The molecule has 0 radical (unpaired) electrons. The summed E-state index contributed by atoms with van der Waals surface area (Å²) in [6.45, 7) is 6.67. The maximum atomic E-state index is 15.5. The van der Waals surface area contributed by atoms with Gasteiger partial charge in [-0.3, -0.25) is 14.5 Å². The van der Waals surface area contributed by atoms with Crippen LogP contribution >= 0.6 is 0 Å². The van der Waals surface area contributed by atoms with Crippen LogP contribution in [-0.4, -0.2) is 75.9 Å². The number of nitrogens with zero attached hydrogens (tertiary/aromatic N) is 4. The third kappa shape index (κ3) is 4.58. The predicted octanol–water partition coefficient (Wildman–Crippen LogP) is 3.41. The summed E-state index contributed by atoms with van der Waals surface area (Å²) < 4.78 is 33.3. The summed E-state index contributed by atoms with van der Waals surface area (Å²) in [6, 6.07) is 1.79. The zero-order chi connectivity index (χ0) is 24.6. The van der Waals surface area contributed by atoms with E-state index in [1.807, 2.05) is 31.7 Å². The molecule has 0 aromatic carbocycles. The largest absolute Gasteiger partial charge is 0.737 e. The maximum Gasteiger partial charge on any atom is 0.737 e. The Bertz CT molecular complexity index is 1120. The summed E-state index contributed by atoms with van der Waals surface area (Å²) in [7, 11) is 0. The van der Waals surface area contributed by atoms with Crippen molar-refractivity contribution in [3.8, 4) is 0 Å². The number of carbonyl (C=O) groups excluding carboxylic acids is 2. The molecule has 3 aliphatic rings. The van der Waals surface area contributed by atoms with Gasteiger partial charge in [0.05, 0.1) is 0 Å². The van der Waals surface area contributed by atoms with E-state index in [-0.39, 0.29) is 30.4 Å². The summed E-state index contributed by atoms with van der Waals surface area (Å²) >= 11 is 0. The molecule has 34 heavy (non-hydrogen) atoms. The third-order valence-corrected chi connectivity index (χ3v) is 6.94. The fourth-order valence-electron chi connectivity index (χ4n) is 4.98. The van der Waals surface area contributed by atoms with Gasteiger partial charge in [0.2, 0.25) is 5.91 Å². The molecule has 6 nitrogen and oxygen atoms in total. The van der Waals surface area contributed by atoms with E-state index in [4.69, 9.17) is 0 Å². The Morgan fingerprint density at radius 1 is 1.15 bits per heavy atom. The van der Waals surface area contributed by atoms with Crippen molar-refractivity contribution in [3.05, 3.63) is 53.0 Å². The number of piperazine rings is 1. The summed E-state index contributed by atoms with van der Waals surface area (Å²) in [6.07, 6.45) is 9.23. The summed E-state index contributed by atoms with van der Waals surface area (Å²) in [5.74, 6) is 0.101. The van der Waals surface area contributed by atoms with Crippen LogP contribution in [0.25, 0.3) is 6.08 Å². The Balaban J connectivity index is 1.35. The Hall–Kier alpha value is -2.81. The molecule has 1 saturated heterocycles. The maximum absolute atomic E-state index is 15.5. The molecule has 0 aliphatic carbocycles. The second-order valence-corrected chi connectivity index (χ2v) is 9.72. The molecule has 1 aromatic heterocycles. The van der Waals surface area contributed by atoms with Crippen molar-refractivity contribution in [2.24, 2.45) is 5.92 Å². The fraction of sp³-hybridized carbons (Fsp3) is 0.480. The number of hydrogen-bond acceptors (Lipinski definition) is 3. The van der Waals surface area contributed by atoms with E-state index in [1.165, 1.54) is 0 Å². The van der Waals surface area contributed by atoms with Crippen molar-refractivity contribution in [2.75, 3.05) is 32.7 Å². The number of aromatic nitrogens is 1. The summed E-state index contributed by atoms with van der Waals surface area (Å²) in [5, 5.41) is 0. The van der Waals surface area contributed by atoms with E-state index < -0.39 is 6.97 Å². The molecule has 4 heterocycles. The summed E-state index contributed by atoms with van der Waals surface area (Å²) in [4.78, 5) is 28.5. The molecule has 0 atom stereocenters. The smallest absolute Gasteiger partial charge is 0.394 e. The van der Waals surface area contributed by atoms with Crippen molar-refractivity contribution >= 4 is 30.4 Å². The van der Waals surface area contributed by atoms with Gasteiger partial charge in [-0.15, -0.1) is 0 Å². The zero-order valence-corrected chi connectivity index (χ0v) is 20.4. The van der Waals surface area contributed by atoms with Gasteiger partial charge in [-0.25, -0.2) is 0 Å². The van der Waals surface area contributed by atoms with Gasteiger partial charge < -0.3 is 22.5 Å². The molecule has 1 fully saturated rings. The lowest BCUT2D eigenvalue weighted by Crippen LogP contribution is -2.51. The fourth-order valence-corrected chi connectivity index (χ4v) is 4.98. The standard InChI is InChI=1S/C25H33BF2N4O2/c1-18(2)24(33)6-5-11-29-12-14-30(15-13-29)25(34)10-9-21-7-8-22-17-23-19(3)16-20(4)31(23)26(27,28)32(21)22/h5-8,16-18H,9-15H2,1-4H3/b6-5+. The monoisotopic (exact) mass is 470 g/mol. The highest BCUT2D eigenvalue weighted by Crippen LogP contribution is 2.34. The van der Waals surface area contributed by atoms with Crippen LogP contribution in [0.4, 0.5) is 8.63 Å². The van der Waals surface area contributed by atoms with Crippen molar-refractivity contribution in [1.29, 1.82) is 0 Å². The van der Waals surface area contributed by atoms with Crippen LogP contribution in [-0.2, 0) is 9.59 Å². The lowest BCUT2D eigenvalue weighted by atomic mass is 9.90. The second kappa shape index (κ2) is 9.45. The normalized spacial score (nSPS) is 19.7. The number of aryl methyl sites for hydroxylation is 2. The Labute approximate surface area is 200 Å². The van der Waals surface area contributed by atoms with Gasteiger partial charge in [0.15, 0.2) is 11.5 Å². The first-order valence-electron chi connectivity index (χ1n) is 12.1. The zero-order valence-electron chi connectivity index (χ0n) is 20.4. The number of hydrogen-bond donors (Lipinski definition) is 0. The molecule has 1 aromatic rings. The van der Waals surface area contributed by atoms with E-state index in [9.17, 15) is 9.59 Å². The topological polar surface area (TPSA) is 48.6 Å². The number of carbonyl (C=O) groups is 2. The van der Waals surface area contributed by atoms with Gasteiger partial charge in [0.1, 0.15) is 5.71 Å². The molecule has 0 unspecified atom stereocenters. The number of allylic oxidation sites excluding steroid dienone is 3. The first kappa shape index (κ1) is 24.3. The van der Waals surface area contributed by atoms with Crippen LogP contribution in [0.1, 0.15) is 43.6 Å². The average molecular weight is 470 g/mol. The average Bonchev–Trinajstić information content (AvgIpc) is 3.33. The Kier molecular flexibility index (Phi) is 6.76. The quantitative estimate of drug-likeness (QED) is 0.454. The molecule has 1 amide bonds. The van der Waals surface area contributed by atoms with E-state index in [1.54, 1.807) is 37.3 Å². The highest BCUT2D eigenvalue weighted by molar-refractivity contribution is 6.58. The van der Waals surface area contributed by atoms with Crippen LogP contribution in [0.3, 0.4) is 0 Å².